The van der Waals surface area contributed by atoms with Crippen LogP contribution in [0.1, 0.15) is 46.2 Å². The molecule has 0 spiro atoms. The van der Waals surface area contributed by atoms with Crippen molar-refractivity contribution in [1.82, 2.24) is 30.0 Å². The molecule has 1 atom stereocenters. The van der Waals surface area contributed by atoms with E-state index in [2.05, 4.69) is 36.0 Å². The summed E-state index contributed by atoms with van der Waals surface area (Å²) in [5.74, 6) is -1.36. The van der Waals surface area contributed by atoms with Gasteiger partial charge in [0.1, 0.15) is 18.0 Å². The number of nitrogens with zero attached hydrogens (tertiary/aromatic N) is 5. The number of rotatable bonds is 13. The molecule has 0 radical (unpaired) electrons. The van der Waals surface area contributed by atoms with Crippen molar-refractivity contribution in [3.8, 4) is 11.3 Å². The smallest absolute Gasteiger partial charge is 0.396 e. The molecular weight excluding hydrogens is 616 g/mol. The summed E-state index contributed by atoms with van der Waals surface area (Å²) in [4.78, 5) is 34.4. The molecule has 1 aromatic carbocycles. The standard InChI is InChI=1S/C28H30F3N8O5P/c1-4-19-23(28(29,30)31)25(38-27(36-19)37-20-7-6-17(12-16(20)2)15-44-45(42)43)35-22-9-8-21(34-24(22)26(41)32-3)18-13-33-39(14-18)10-5-11-40/h6-9,12-14,40H,4-5,10-11,15H2,1-3H3,(H3-,32,35,36,37,38,41,42,43)/p+1. The zero-order valence-corrected chi connectivity index (χ0v) is 25.4. The van der Waals surface area contributed by atoms with Gasteiger partial charge in [-0.1, -0.05) is 19.1 Å². The maximum Gasteiger partial charge on any atom is 0.695 e. The normalized spacial score (nSPS) is 11.8. The number of nitrogens with one attached hydrogen (secondary N) is 3. The minimum Gasteiger partial charge on any atom is -0.396 e. The van der Waals surface area contributed by atoms with E-state index in [1.54, 1.807) is 36.0 Å². The van der Waals surface area contributed by atoms with Crippen molar-refractivity contribution in [2.24, 2.45) is 0 Å². The first-order chi connectivity index (χ1) is 21.4. The quantitative estimate of drug-likeness (QED) is 0.123. The van der Waals surface area contributed by atoms with Crippen LogP contribution in [-0.4, -0.2) is 54.3 Å². The van der Waals surface area contributed by atoms with Crippen LogP contribution in [0.3, 0.4) is 0 Å². The van der Waals surface area contributed by atoms with Gasteiger partial charge in [0, 0.05) is 42.2 Å². The van der Waals surface area contributed by atoms with Gasteiger partial charge < -0.3 is 21.1 Å². The Morgan fingerprint density at radius 1 is 1.11 bits per heavy atom. The number of carbonyl (C=O) groups excluding carboxylic acids is 1. The molecule has 45 heavy (non-hydrogen) atoms. The summed E-state index contributed by atoms with van der Waals surface area (Å²) >= 11 is 0. The van der Waals surface area contributed by atoms with Crippen LogP contribution in [0.2, 0.25) is 0 Å². The Morgan fingerprint density at radius 2 is 1.87 bits per heavy atom. The third kappa shape index (κ3) is 8.36. The minimum absolute atomic E-state index is 0.00822. The lowest BCUT2D eigenvalue weighted by Crippen LogP contribution is -2.22. The van der Waals surface area contributed by atoms with Crippen molar-refractivity contribution in [2.75, 3.05) is 24.3 Å². The first-order valence-corrected chi connectivity index (χ1v) is 14.8. The monoisotopic (exact) mass is 647 g/mol. The first-order valence-electron chi connectivity index (χ1n) is 13.7. The van der Waals surface area contributed by atoms with E-state index in [9.17, 15) is 22.5 Å². The van der Waals surface area contributed by atoms with Gasteiger partial charge in [0.2, 0.25) is 5.95 Å². The molecule has 5 N–H and O–H groups in total. The molecule has 0 saturated heterocycles. The summed E-state index contributed by atoms with van der Waals surface area (Å²) in [7, 11) is -1.40. The van der Waals surface area contributed by atoms with Crippen molar-refractivity contribution >= 4 is 37.3 Å². The van der Waals surface area contributed by atoms with E-state index in [1.165, 1.54) is 32.3 Å². The molecule has 0 aliphatic heterocycles. The highest BCUT2D eigenvalue weighted by atomic mass is 31.1. The second kappa shape index (κ2) is 14.5. The Labute approximate surface area is 256 Å². The number of aromatic nitrogens is 5. The number of amides is 1. The van der Waals surface area contributed by atoms with Crippen LogP contribution in [-0.2, 0) is 34.8 Å². The van der Waals surface area contributed by atoms with Crippen LogP contribution >= 0.6 is 8.25 Å². The molecule has 13 nitrogen and oxygen atoms in total. The highest BCUT2D eigenvalue weighted by Gasteiger charge is 2.39. The fourth-order valence-corrected chi connectivity index (χ4v) is 4.66. The first kappa shape index (κ1) is 33.4. The Balaban J connectivity index is 1.73. The molecule has 3 aromatic heterocycles. The summed E-state index contributed by atoms with van der Waals surface area (Å²) in [5, 5.41) is 21.4. The molecule has 17 heteroatoms. The van der Waals surface area contributed by atoms with Gasteiger partial charge in [-0.05, 0) is 49.1 Å². The van der Waals surface area contributed by atoms with Gasteiger partial charge in [0.25, 0.3) is 5.91 Å². The van der Waals surface area contributed by atoms with Gasteiger partial charge in [-0.15, -0.1) is 9.42 Å². The zero-order valence-electron chi connectivity index (χ0n) is 24.5. The third-order valence-electron chi connectivity index (χ3n) is 6.55. The maximum absolute atomic E-state index is 14.4. The highest BCUT2D eigenvalue weighted by Crippen LogP contribution is 2.39. The number of anilines is 4. The molecule has 0 fully saturated rings. The van der Waals surface area contributed by atoms with Crippen LogP contribution < -0.4 is 16.0 Å². The molecule has 3 heterocycles. The molecule has 0 aliphatic rings. The number of halogens is 3. The second-order valence-corrected chi connectivity index (χ2v) is 10.5. The van der Waals surface area contributed by atoms with E-state index >= 15 is 0 Å². The number of pyridine rings is 1. The third-order valence-corrected chi connectivity index (χ3v) is 6.90. The molecule has 0 bridgehead atoms. The fourth-order valence-electron chi connectivity index (χ4n) is 4.40. The number of alkyl halides is 3. The molecule has 1 amide bonds. The SMILES string of the molecule is CCc1nc(Nc2ccc(CO[P+](=O)O)cc2C)nc(Nc2ccc(-c3cnn(CCCO)c3)nc2C(=O)NC)c1C(F)(F)F. The van der Waals surface area contributed by atoms with E-state index in [-0.39, 0.29) is 42.7 Å². The number of aliphatic hydroxyl groups excluding tert-OH is 1. The lowest BCUT2D eigenvalue weighted by atomic mass is 10.1. The summed E-state index contributed by atoms with van der Waals surface area (Å²) in [6.07, 6.45) is -1.19. The molecule has 1 unspecified atom stereocenters. The Hall–Kier alpha value is -4.50. The summed E-state index contributed by atoms with van der Waals surface area (Å²) in [6.45, 7) is 3.61. The van der Waals surface area contributed by atoms with Crippen molar-refractivity contribution in [3.63, 3.8) is 0 Å². The Kier molecular flexibility index (Phi) is 10.8. The number of hydrogen-bond acceptors (Lipinski definition) is 10. The Morgan fingerprint density at radius 3 is 2.51 bits per heavy atom. The van der Waals surface area contributed by atoms with Crippen molar-refractivity contribution in [2.45, 2.75) is 46.0 Å². The zero-order chi connectivity index (χ0) is 32.7. The summed E-state index contributed by atoms with van der Waals surface area (Å²) in [5.41, 5.74) is 1.11. The maximum atomic E-state index is 14.4. The molecule has 238 valence electrons. The van der Waals surface area contributed by atoms with Crippen molar-refractivity contribution in [1.29, 1.82) is 0 Å². The van der Waals surface area contributed by atoms with Crippen LogP contribution in [0.25, 0.3) is 11.3 Å². The molecular formula is C28H31F3N8O5P+. The minimum atomic E-state index is -4.83. The largest absolute Gasteiger partial charge is 0.695 e. The van der Waals surface area contributed by atoms with Crippen molar-refractivity contribution < 1.29 is 37.1 Å². The van der Waals surface area contributed by atoms with E-state index in [4.69, 9.17) is 14.5 Å². The molecule has 4 rings (SSSR count). The average molecular weight is 648 g/mol. The van der Waals surface area contributed by atoms with Gasteiger partial charge in [-0.25, -0.2) is 9.97 Å². The van der Waals surface area contributed by atoms with E-state index in [0.29, 0.717) is 41.0 Å². The van der Waals surface area contributed by atoms with E-state index in [1.807, 2.05) is 0 Å². The number of aliphatic hydroxyl groups is 1. The van der Waals surface area contributed by atoms with Crippen LogP contribution in [0.5, 0.6) is 0 Å². The molecule has 0 saturated carbocycles. The lowest BCUT2D eigenvalue weighted by Gasteiger charge is -2.19. The lowest BCUT2D eigenvalue weighted by molar-refractivity contribution is -0.138. The predicted octanol–water partition coefficient (Wildman–Crippen LogP) is 5.02. The molecule has 4 aromatic rings. The molecule has 0 aliphatic carbocycles. The van der Waals surface area contributed by atoms with Gasteiger partial charge in [0.15, 0.2) is 5.69 Å². The summed E-state index contributed by atoms with van der Waals surface area (Å²) < 4.78 is 60.3. The fraction of sp³-hybridized carbons (Fsp3) is 0.321. The van der Waals surface area contributed by atoms with Crippen LogP contribution in [0, 0.1) is 6.92 Å². The van der Waals surface area contributed by atoms with Gasteiger partial charge >= 0.3 is 14.4 Å². The number of benzene rings is 1. The second-order valence-electron chi connectivity index (χ2n) is 9.72. The number of carbonyl (C=O) groups is 1. The van der Waals surface area contributed by atoms with Gasteiger partial charge in [0.05, 0.1) is 23.3 Å². The van der Waals surface area contributed by atoms with Crippen LogP contribution in [0.4, 0.5) is 36.3 Å². The van der Waals surface area contributed by atoms with Crippen LogP contribution in [0.15, 0.2) is 42.7 Å². The van der Waals surface area contributed by atoms with Crippen molar-refractivity contribution in [3.05, 3.63) is 70.8 Å². The van der Waals surface area contributed by atoms with E-state index < -0.39 is 31.7 Å². The number of aryl methyl sites for hydroxylation is 3. The highest BCUT2D eigenvalue weighted by molar-refractivity contribution is 7.32. The van der Waals surface area contributed by atoms with Gasteiger partial charge in [-0.2, -0.15) is 23.3 Å². The number of hydrogen-bond donors (Lipinski definition) is 5. The summed E-state index contributed by atoms with van der Waals surface area (Å²) in [6, 6.07) is 7.90. The topological polar surface area (TPSA) is 176 Å². The van der Waals surface area contributed by atoms with E-state index in [0.717, 1.165) is 0 Å². The average Bonchev–Trinajstić information content (AvgIpc) is 3.48. The Bertz CT molecular complexity index is 1700. The van der Waals surface area contributed by atoms with Gasteiger partial charge in [-0.3, -0.25) is 9.48 Å². The predicted molar refractivity (Wildman–Crippen MR) is 159 cm³/mol.